The minimum Gasteiger partial charge on any atom is -0.329 e. The summed E-state index contributed by atoms with van der Waals surface area (Å²) in [6, 6.07) is 0.663. The fourth-order valence-electron chi connectivity index (χ4n) is 3.64. The van der Waals surface area contributed by atoms with Crippen molar-refractivity contribution in [1.29, 1.82) is 0 Å². The molecule has 94 valence electrons. The van der Waals surface area contributed by atoms with Crippen LogP contribution in [0.25, 0.3) is 0 Å². The molecule has 2 aliphatic rings. The van der Waals surface area contributed by atoms with Crippen molar-refractivity contribution >= 4 is 0 Å². The topological polar surface area (TPSA) is 29.3 Å². The van der Waals surface area contributed by atoms with E-state index in [1.807, 2.05) is 0 Å². The number of piperidine rings is 1. The van der Waals surface area contributed by atoms with Gasteiger partial charge in [-0.05, 0) is 44.1 Å². The van der Waals surface area contributed by atoms with Gasteiger partial charge in [0, 0.05) is 19.1 Å². The first-order valence-electron chi connectivity index (χ1n) is 7.25. The molecular weight excluding hydrogens is 196 g/mol. The molecule has 1 heterocycles. The summed E-state index contributed by atoms with van der Waals surface area (Å²) in [5, 5.41) is 0. The molecule has 1 saturated carbocycles. The maximum atomic E-state index is 5.95. The van der Waals surface area contributed by atoms with Gasteiger partial charge in [-0.2, -0.15) is 0 Å². The summed E-state index contributed by atoms with van der Waals surface area (Å²) in [5.74, 6) is 1.77. The molecule has 0 aromatic heterocycles. The predicted octanol–water partition coefficient (Wildman–Crippen LogP) is 2.63. The highest BCUT2D eigenvalue weighted by molar-refractivity contribution is 4.84. The Hall–Kier alpha value is -0.0800. The molecule has 2 unspecified atom stereocenters. The molecule has 1 aliphatic heterocycles. The average Bonchev–Trinajstić information content (AvgIpc) is 2.31. The molecule has 1 aliphatic carbocycles. The Balaban J connectivity index is 1.85. The van der Waals surface area contributed by atoms with Crippen LogP contribution in [0.5, 0.6) is 0 Å². The summed E-state index contributed by atoms with van der Waals surface area (Å²) >= 11 is 0. The number of hydrogen-bond acceptors (Lipinski definition) is 2. The Kier molecular flexibility index (Phi) is 4.66. The zero-order chi connectivity index (χ0) is 11.4. The average molecular weight is 224 g/mol. The summed E-state index contributed by atoms with van der Waals surface area (Å²) in [6.07, 6.45) is 10.1. The van der Waals surface area contributed by atoms with Gasteiger partial charge in [-0.3, -0.25) is 4.90 Å². The summed E-state index contributed by atoms with van der Waals surface area (Å²) in [5.41, 5.74) is 5.95. The molecule has 16 heavy (non-hydrogen) atoms. The third-order valence-electron chi connectivity index (χ3n) is 4.69. The third kappa shape index (κ3) is 2.98. The highest BCUT2D eigenvalue weighted by Gasteiger charge is 2.29. The molecule has 0 aromatic rings. The fourth-order valence-corrected chi connectivity index (χ4v) is 3.64. The SMILES string of the molecule is CC1CCCN(CC2CCCCC2)C1CN. The first-order valence-corrected chi connectivity index (χ1v) is 7.25. The molecule has 2 rings (SSSR count). The summed E-state index contributed by atoms with van der Waals surface area (Å²) < 4.78 is 0. The van der Waals surface area contributed by atoms with Gasteiger partial charge in [0.25, 0.3) is 0 Å². The lowest BCUT2D eigenvalue weighted by Gasteiger charge is -2.41. The highest BCUT2D eigenvalue weighted by atomic mass is 15.2. The first-order chi connectivity index (χ1) is 7.81. The van der Waals surface area contributed by atoms with Gasteiger partial charge < -0.3 is 5.73 Å². The van der Waals surface area contributed by atoms with E-state index in [2.05, 4.69) is 11.8 Å². The van der Waals surface area contributed by atoms with Crippen molar-refractivity contribution < 1.29 is 0 Å². The van der Waals surface area contributed by atoms with E-state index in [0.29, 0.717) is 6.04 Å². The Bertz CT molecular complexity index is 199. The van der Waals surface area contributed by atoms with E-state index in [0.717, 1.165) is 18.4 Å². The van der Waals surface area contributed by atoms with Gasteiger partial charge >= 0.3 is 0 Å². The smallest absolute Gasteiger partial charge is 0.0244 e. The Morgan fingerprint density at radius 2 is 1.81 bits per heavy atom. The van der Waals surface area contributed by atoms with Crippen molar-refractivity contribution in [2.45, 2.75) is 57.9 Å². The van der Waals surface area contributed by atoms with Crippen molar-refractivity contribution in [2.24, 2.45) is 17.6 Å². The molecule has 2 heteroatoms. The largest absolute Gasteiger partial charge is 0.329 e. The van der Waals surface area contributed by atoms with Crippen molar-refractivity contribution in [3.63, 3.8) is 0 Å². The molecule has 2 N–H and O–H groups in total. The monoisotopic (exact) mass is 224 g/mol. The van der Waals surface area contributed by atoms with Crippen LogP contribution >= 0.6 is 0 Å². The predicted molar refractivity (Wildman–Crippen MR) is 69.4 cm³/mol. The minimum atomic E-state index is 0.663. The second kappa shape index (κ2) is 6.02. The lowest BCUT2D eigenvalue weighted by Crippen LogP contribution is -2.50. The van der Waals surface area contributed by atoms with Gasteiger partial charge in [0.15, 0.2) is 0 Å². The van der Waals surface area contributed by atoms with Crippen molar-refractivity contribution in [2.75, 3.05) is 19.6 Å². The van der Waals surface area contributed by atoms with Crippen LogP contribution in [-0.4, -0.2) is 30.6 Å². The zero-order valence-corrected chi connectivity index (χ0v) is 10.8. The Morgan fingerprint density at radius 1 is 1.06 bits per heavy atom. The minimum absolute atomic E-state index is 0.663. The summed E-state index contributed by atoms with van der Waals surface area (Å²) in [7, 11) is 0. The molecule has 0 amide bonds. The van der Waals surface area contributed by atoms with Gasteiger partial charge in [0.1, 0.15) is 0 Å². The number of nitrogens with zero attached hydrogens (tertiary/aromatic N) is 1. The molecule has 2 fully saturated rings. The molecule has 0 spiro atoms. The number of nitrogens with two attached hydrogens (primary N) is 1. The van der Waals surface area contributed by atoms with Gasteiger partial charge in [0.2, 0.25) is 0 Å². The van der Waals surface area contributed by atoms with E-state index < -0.39 is 0 Å². The molecule has 2 nitrogen and oxygen atoms in total. The maximum absolute atomic E-state index is 5.95. The zero-order valence-electron chi connectivity index (χ0n) is 10.8. The van der Waals surface area contributed by atoms with Crippen LogP contribution in [0.3, 0.4) is 0 Å². The van der Waals surface area contributed by atoms with Crippen LogP contribution in [-0.2, 0) is 0 Å². The molecular formula is C14H28N2. The van der Waals surface area contributed by atoms with Crippen LogP contribution in [0.1, 0.15) is 51.9 Å². The van der Waals surface area contributed by atoms with Crippen LogP contribution in [0.15, 0.2) is 0 Å². The maximum Gasteiger partial charge on any atom is 0.0244 e. The first kappa shape index (κ1) is 12.4. The fraction of sp³-hybridized carbons (Fsp3) is 1.00. The second-order valence-corrected chi connectivity index (χ2v) is 5.92. The normalized spacial score (nSPS) is 34.1. The Labute approximate surface area is 101 Å². The van der Waals surface area contributed by atoms with Gasteiger partial charge in [-0.15, -0.1) is 0 Å². The van der Waals surface area contributed by atoms with Crippen LogP contribution in [0, 0.1) is 11.8 Å². The van der Waals surface area contributed by atoms with Gasteiger partial charge in [0.05, 0.1) is 0 Å². The van der Waals surface area contributed by atoms with E-state index in [1.165, 1.54) is 58.0 Å². The van der Waals surface area contributed by atoms with E-state index in [4.69, 9.17) is 5.73 Å². The number of rotatable bonds is 3. The third-order valence-corrected chi connectivity index (χ3v) is 4.69. The van der Waals surface area contributed by atoms with E-state index in [9.17, 15) is 0 Å². The van der Waals surface area contributed by atoms with Crippen molar-refractivity contribution in [3.8, 4) is 0 Å². The van der Waals surface area contributed by atoms with Crippen LogP contribution < -0.4 is 5.73 Å². The lowest BCUT2D eigenvalue weighted by atomic mass is 9.86. The molecule has 0 aromatic carbocycles. The number of likely N-dealkylation sites (tertiary alicyclic amines) is 1. The van der Waals surface area contributed by atoms with Crippen LogP contribution in [0.4, 0.5) is 0 Å². The van der Waals surface area contributed by atoms with E-state index >= 15 is 0 Å². The molecule has 2 atom stereocenters. The van der Waals surface area contributed by atoms with Crippen molar-refractivity contribution in [1.82, 2.24) is 4.90 Å². The summed E-state index contributed by atoms with van der Waals surface area (Å²) in [6.45, 7) is 5.85. The van der Waals surface area contributed by atoms with E-state index in [1.54, 1.807) is 0 Å². The van der Waals surface area contributed by atoms with Gasteiger partial charge in [-0.25, -0.2) is 0 Å². The quantitative estimate of drug-likeness (QED) is 0.798. The molecule has 0 radical (unpaired) electrons. The summed E-state index contributed by atoms with van der Waals surface area (Å²) in [4.78, 5) is 2.70. The molecule has 1 saturated heterocycles. The lowest BCUT2D eigenvalue weighted by molar-refractivity contribution is 0.0806. The van der Waals surface area contributed by atoms with Crippen molar-refractivity contribution in [3.05, 3.63) is 0 Å². The highest BCUT2D eigenvalue weighted by Crippen LogP contribution is 2.28. The van der Waals surface area contributed by atoms with Crippen LogP contribution in [0.2, 0.25) is 0 Å². The second-order valence-electron chi connectivity index (χ2n) is 5.92. The van der Waals surface area contributed by atoms with Gasteiger partial charge in [-0.1, -0.05) is 26.2 Å². The standard InChI is InChI=1S/C14H28N2/c1-12-6-5-9-16(14(12)10-15)11-13-7-3-2-4-8-13/h12-14H,2-11,15H2,1H3. The van der Waals surface area contributed by atoms with E-state index in [-0.39, 0.29) is 0 Å². The molecule has 0 bridgehead atoms. The Morgan fingerprint density at radius 3 is 2.50 bits per heavy atom. The number of hydrogen-bond donors (Lipinski definition) is 1.